The summed E-state index contributed by atoms with van der Waals surface area (Å²) in [5.74, 6) is -0.137. The highest BCUT2D eigenvalue weighted by Crippen LogP contribution is 2.12. The van der Waals surface area contributed by atoms with E-state index in [2.05, 4.69) is 48.6 Å². The van der Waals surface area contributed by atoms with Gasteiger partial charge >= 0.3 is 0 Å². The van der Waals surface area contributed by atoms with E-state index in [-0.39, 0.29) is 5.82 Å². The average molecular weight is 286 g/mol. The molecular formula is C18H23FN2. The second-order valence-electron chi connectivity index (χ2n) is 5.69. The fourth-order valence-corrected chi connectivity index (χ4v) is 2.31. The molecule has 2 rings (SSSR count). The van der Waals surface area contributed by atoms with Gasteiger partial charge in [0.05, 0.1) is 0 Å². The Morgan fingerprint density at radius 2 is 1.71 bits per heavy atom. The standard InChI is InChI=1S/C18H23FN2/c1-14-8-9-15(10-18(14)19)11-20-12-16-6-4-5-7-17(16)13-21(2)3/h4-10,20H,11-13H2,1-3H3. The van der Waals surface area contributed by atoms with E-state index in [4.69, 9.17) is 0 Å². The normalized spacial score (nSPS) is 11.1. The molecule has 0 aliphatic carbocycles. The minimum atomic E-state index is -0.137. The van der Waals surface area contributed by atoms with Crippen LogP contribution in [0.5, 0.6) is 0 Å². The lowest BCUT2D eigenvalue weighted by atomic mass is 10.1. The molecule has 0 heterocycles. The molecular weight excluding hydrogens is 263 g/mol. The first-order chi connectivity index (χ1) is 10.1. The molecule has 21 heavy (non-hydrogen) atoms. The zero-order valence-electron chi connectivity index (χ0n) is 13.0. The number of nitrogens with zero attached hydrogens (tertiary/aromatic N) is 1. The van der Waals surface area contributed by atoms with Crippen LogP contribution in [0, 0.1) is 12.7 Å². The highest BCUT2D eigenvalue weighted by atomic mass is 19.1. The van der Waals surface area contributed by atoms with Gasteiger partial charge in [-0.15, -0.1) is 0 Å². The van der Waals surface area contributed by atoms with E-state index in [9.17, 15) is 4.39 Å². The number of nitrogens with one attached hydrogen (secondary N) is 1. The summed E-state index contributed by atoms with van der Waals surface area (Å²) in [4.78, 5) is 2.16. The summed E-state index contributed by atoms with van der Waals surface area (Å²) < 4.78 is 13.5. The number of halogens is 1. The van der Waals surface area contributed by atoms with Crippen LogP contribution in [0.3, 0.4) is 0 Å². The Labute approximate surface area is 126 Å². The molecule has 0 aliphatic heterocycles. The fraction of sp³-hybridized carbons (Fsp3) is 0.333. The Morgan fingerprint density at radius 3 is 2.38 bits per heavy atom. The Bertz CT molecular complexity index is 594. The van der Waals surface area contributed by atoms with Gasteiger partial charge in [0.25, 0.3) is 0 Å². The summed E-state index contributed by atoms with van der Waals surface area (Å²) in [7, 11) is 4.14. The number of benzene rings is 2. The minimum Gasteiger partial charge on any atom is -0.309 e. The molecule has 2 aromatic rings. The molecule has 0 spiro atoms. The van der Waals surface area contributed by atoms with Crippen molar-refractivity contribution in [1.82, 2.24) is 10.2 Å². The predicted octanol–water partition coefficient (Wildman–Crippen LogP) is 3.49. The maximum atomic E-state index is 13.5. The van der Waals surface area contributed by atoms with Gasteiger partial charge in [-0.1, -0.05) is 36.4 Å². The minimum absolute atomic E-state index is 0.137. The molecule has 0 radical (unpaired) electrons. The molecule has 0 saturated heterocycles. The lowest BCUT2D eigenvalue weighted by Gasteiger charge is -2.14. The van der Waals surface area contributed by atoms with Gasteiger partial charge in [-0.25, -0.2) is 4.39 Å². The lowest BCUT2D eigenvalue weighted by Crippen LogP contribution is -2.17. The van der Waals surface area contributed by atoms with Crippen molar-refractivity contribution in [2.24, 2.45) is 0 Å². The van der Waals surface area contributed by atoms with Crippen LogP contribution in [0.2, 0.25) is 0 Å². The molecule has 3 heteroatoms. The molecule has 0 saturated carbocycles. The van der Waals surface area contributed by atoms with Gasteiger partial charge in [-0.2, -0.15) is 0 Å². The smallest absolute Gasteiger partial charge is 0.126 e. The second-order valence-corrected chi connectivity index (χ2v) is 5.69. The van der Waals surface area contributed by atoms with Crippen LogP contribution < -0.4 is 5.32 Å². The third-order valence-electron chi connectivity index (χ3n) is 3.49. The molecule has 2 nitrogen and oxygen atoms in total. The average Bonchev–Trinajstić information content (AvgIpc) is 2.44. The van der Waals surface area contributed by atoms with Crippen molar-refractivity contribution >= 4 is 0 Å². The summed E-state index contributed by atoms with van der Waals surface area (Å²) in [6, 6.07) is 13.8. The zero-order valence-corrected chi connectivity index (χ0v) is 13.0. The van der Waals surface area contributed by atoms with Crippen molar-refractivity contribution in [1.29, 1.82) is 0 Å². The van der Waals surface area contributed by atoms with E-state index < -0.39 is 0 Å². The van der Waals surface area contributed by atoms with Crippen LogP contribution in [0.4, 0.5) is 4.39 Å². The molecule has 0 aromatic heterocycles. The van der Waals surface area contributed by atoms with E-state index >= 15 is 0 Å². The van der Waals surface area contributed by atoms with E-state index in [1.165, 1.54) is 11.1 Å². The summed E-state index contributed by atoms with van der Waals surface area (Å²) in [6.45, 7) is 4.17. The van der Waals surface area contributed by atoms with Gasteiger partial charge in [-0.05, 0) is 49.3 Å². The predicted molar refractivity (Wildman–Crippen MR) is 85.5 cm³/mol. The van der Waals surface area contributed by atoms with Crippen LogP contribution in [0.15, 0.2) is 42.5 Å². The van der Waals surface area contributed by atoms with E-state index in [1.807, 2.05) is 12.1 Å². The van der Waals surface area contributed by atoms with Gasteiger partial charge in [0.15, 0.2) is 0 Å². The highest BCUT2D eigenvalue weighted by Gasteiger charge is 2.03. The topological polar surface area (TPSA) is 15.3 Å². The summed E-state index contributed by atoms with van der Waals surface area (Å²) in [5, 5.41) is 3.39. The second kappa shape index (κ2) is 7.34. The van der Waals surface area contributed by atoms with Gasteiger partial charge in [-0.3, -0.25) is 0 Å². The fourth-order valence-electron chi connectivity index (χ4n) is 2.31. The molecule has 0 unspecified atom stereocenters. The largest absolute Gasteiger partial charge is 0.309 e. The first kappa shape index (κ1) is 15.7. The third kappa shape index (κ3) is 4.66. The zero-order chi connectivity index (χ0) is 15.2. The van der Waals surface area contributed by atoms with E-state index in [1.54, 1.807) is 13.0 Å². The first-order valence-corrected chi connectivity index (χ1v) is 7.23. The Balaban J connectivity index is 1.95. The van der Waals surface area contributed by atoms with E-state index in [0.717, 1.165) is 18.7 Å². The number of hydrogen-bond acceptors (Lipinski definition) is 2. The van der Waals surface area contributed by atoms with Crippen LogP contribution in [-0.4, -0.2) is 19.0 Å². The maximum Gasteiger partial charge on any atom is 0.126 e. The molecule has 112 valence electrons. The Kier molecular flexibility index (Phi) is 5.48. The quantitative estimate of drug-likeness (QED) is 0.874. The van der Waals surface area contributed by atoms with Crippen LogP contribution in [-0.2, 0) is 19.6 Å². The Hall–Kier alpha value is -1.71. The molecule has 2 aromatic carbocycles. The molecule has 0 aliphatic rings. The lowest BCUT2D eigenvalue weighted by molar-refractivity contribution is 0.400. The van der Waals surface area contributed by atoms with Crippen molar-refractivity contribution < 1.29 is 4.39 Å². The van der Waals surface area contributed by atoms with Crippen molar-refractivity contribution in [2.45, 2.75) is 26.6 Å². The van der Waals surface area contributed by atoms with Crippen molar-refractivity contribution in [3.05, 3.63) is 70.5 Å². The van der Waals surface area contributed by atoms with Crippen LogP contribution >= 0.6 is 0 Å². The molecule has 0 bridgehead atoms. The molecule has 0 fully saturated rings. The number of hydrogen-bond donors (Lipinski definition) is 1. The van der Waals surface area contributed by atoms with Gasteiger partial charge < -0.3 is 10.2 Å². The van der Waals surface area contributed by atoms with Gasteiger partial charge in [0.2, 0.25) is 0 Å². The third-order valence-corrected chi connectivity index (χ3v) is 3.49. The monoisotopic (exact) mass is 286 g/mol. The van der Waals surface area contributed by atoms with Crippen molar-refractivity contribution in [3.8, 4) is 0 Å². The first-order valence-electron chi connectivity index (χ1n) is 7.23. The molecule has 0 atom stereocenters. The molecule has 0 amide bonds. The van der Waals surface area contributed by atoms with Gasteiger partial charge in [0, 0.05) is 19.6 Å². The van der Waals surface area contributed by atoms with E-state index in [0.29, 0.717) is 12.1 Å². The number of aryl methyl sites for hydroxylation is 1. The number of rotatable bonds is 6. The highest BCUT2D eigenvalue weighted by molar-refractivity contribution is 5.27. The summed E-state index contributed by atoms with van der Waals surface area (Å²) in [5.41, 5.74) is 4.28. The molecule has 1 N–H and O–H groups in total. The summed E-state index contributed by atoms with van der Waals surface area (Å²) >= 11 is 0. The van der Waals surface area contributed by atoms with Crippen molar-refractivity contribution in [2.75, 3.05) is 14.1 Å². The SMILES string of the molecule is Cc1ccc(CNCc2ccccc2CN(C)C)cc1F. The Morgan fingerprint density at radius 1 is 1.00 bits per heavy atom. The van der Waals surface area contributed by atoms with Crippen LogP contribution in [0.1, 0.15) is 22.3 Å². The van der Waals surface area contributed by atoms with Crippen LogP contribution in [0.25, 0.3) is 0 Å². The van der Waals surface area contributed by atoms with Gasteiger partial charge in [0.1, 0.15) is 5.82 Å². The maximum absolute atomic E-state index is 13.5. The van der Waals surface area contributed by atoms with Crippen molar-refractivity contribution in [3.63, 3.8) is 0 Å². The summed E-state index contributed by atoms with van der Waals surface area (Å²) in [6.07, 6.45) is 0.